The Bertz CT molecular complexity index is 664. The van der Waals surface area contributed by atoms with Crippen molar-refractivity contribution in [3.63, 3.8) is 0 Å². The predicted octanol–water partition coefficient (Wildman–Crippen LogP) is 3.45. The molecule has 3 saturated carbocycles. The fourth-order valence-electron chi connectivity index (χ4n) is 7.56. The Balaban J connectivity index is 1.73. The molecule has 0 saturated heterocycles. The Morgan fingerprint density at radius 1 is 1.16 bits per heavy atom. The highest BCUT2D eigenvalue weighted by Crippen LogP contribution is 2.67. The zero-order chi connectivity index (χ0) is 18.2. The monoisotopic (exact) mass is 343 g/mol. The number of allylic oxidation sites excluding steroid dienone is 1. The number of hydrogen-bond acceptors (Lipinski definition) is 3. The highest BCUT2D eigenvalue weighted by atomic mass is 16.3. The zero-order valence-electron chi connectivity index (χ0n) is 16.1. The van der Waals surface area contributed by atoms with E-state index >= 15 is 0 Å². The summed E-state index contributed by atoms with van der Waals surface area (Å²) >= 11 is 0. The predicted molar refractivity (Wildman–Crippen MR) is 94.7 cm³/mol. The van der Waals surface area contributed by atoms with Gasteiger partial charge in [0.25, 0.3) is 0 Å². The van der Waals surface area contributed by atoms with E-state index in [0.717, 1.165) is 32.1 Å². The van der Waals surface area contributed by atoms with Gasteiger partial charge >= 0.3 is 0 Å². The molecule has 0 N–H and O–H groups in total. The molecule has 0 bridgehead atoms. The van der Waals surface area contributed by atoms with E-state index in [1.807, 2.05) is 6.08 Å². The van der Waals surface area contributed by atoms with Gasteiger partial charge in [-0.05, 0) is 85.2 Å². The first-order valence-corrected chi connectivity index (χ1v) is 10.1. The molecule has 7 atom stereocenters. The van der Waals surface area contributed by atoms with Gasteiger partial charge in [0.2, 0.25) is 0 Å². The fraction of sp³-hybridized carbons (Fsp3) is 0.818. The van der Waals surface area contributed by atoms with Crippen molar-refractivity contribution < 1.29 is 14.7 Å². The summed E-state index contributed by atoms with van der Waals surface area (Å²) in [6, 6.07) is 0. The van der Waals surface area contributed by atoms with Crippen LogP contribution in [-0.2, 0) is 9.59 Å². The minimum Gasteiger partial charge on any atom is -0.843 e. The van der Waals surface area contributed by atoms with Gasteiger partial charge in [0.15, 0.2) is 5.78 Å². The second-order valence-electron chi connectivity index (χ2n) is 9.88. The maximum Gasteiger partial charge on any atom is 0.155 e. The number of fused-ring (bicyclic) bond motifs is 5. The van der Waals surface area contributed by atoms with E-state index in [9.17, 15) is 14.7 Å². The van der Waals surface area contributed by atoms with E-state index in [2.05, 4.69) is 20.8 Å². The van der Waals surface area contributed by atoms with Gasteiger partial charge < -0.3 is 9.90 Å². The molecular weight excluding hydrogens is 312 g/mol. The average Bonchev–Trinajstić information content (AvgIpc) is 2.83. The van der Waals surface area contributed by atoms with Gasteiger partial charge in [-0.2, -0.15) is 0 Å². The molecule has 138 valence electrons. The highest BCUT2D eigenvalue weighted by Gasteiger charge is 2.62. The summed E-state index contributed by atoms with van der Waals surface area (Å²) in [6.45, 7) is 8.24. The molecule has 0 amide bonds. The summed E-state index contributed by atoms with van der Waals surface area (Å²) in [7, 11) is 0. The minimum atomic E-state index is -1.38. The van der Waals surface area contributed by atoms with Crippen LogP contribution in [0.5, 0.6) is 0 Å². The molecule has 0 heterocycles. The maximum atomic E-state index is 13.4. The van der Waals surface area contributed by atoms with Gasteiger partial charge in [-0.15, -0.1) is 0 Å². The second kappa shape index (κ2) is 5.28. The number of carbonyl (C=O) groups is 2. The Labute approximate surface area is 151 Å². The van der Waals surface area contributed by atoms with Crippen molar-refractivity contribution in [2.75, 3.05) is 0 Å². The number of rotatable bonds is 1. The molecule has 3 fully saturated rings. The topological polar surface area (TPSA) is 57.2 Å². The van der Waals surface area contributed by atoms with Crippen molar-refractivity contribution in [2.24, 2.45) is 34.5 Å². The first kappa shape index (κ1) is 17.5. The number of Topliss-reactive ketones (excluding diaryl/α,β-unsaturated/α-hetero) is 1. The summed E-state index contributed by atoms with van der Waals surface area (Å²) in [6.07, 6.45) is 7.96. The first-order chi connectivity index (χ1) is 11.6. The largest absolute Gasteiger partial charge is 0.843 e. The van der Waals surface area contributed by atoms with Crippen LogP contribution in [0.3, 0.4) is 0 Å². The molecule has 0 spiro atoms. The van der Waals surface area contributed by atoms with Crippen LogP contribution in [0.25, 0.3) is 0 Å². The van der Waals surface area contributed by atoms with Crippen LogP contribution in [0.15, 0.2) is 11.6 Å². The fourth-order valence-corrected chi connectivity index (χ4v) is 7.56. The number of carbonyl (C=O) groups excluding carboxylic acids is 2. The van der Waals surface area contributed by atoms with Gasteiger partial charge in [0.1, 0.15) is 5.78 Å². The molecule has 0 aromatic carbocycles. The van der Waals surface area contributed by atoms with Crippen LogP contribution < -0.4 is 5.11 Å². The van der Waals surface area contributed by atoms with Crippen molar-refractivity contribution in [1.29, 1.82) is 0 Å². The Morgan fingerprint density at radius 3 is 2.52 bits per heavy atom. The summed E-state index contributed by atoms with van der Waals surface area (Å²) in [4.78, 5) is 24.2. The summed E-state index contributed by atoms with van der Waals surface area (Å²) in [5.41, 5.74) is -0.290. The zero-order valence-corrected chi connectivity index (χ0v) is 16.1. The van der Waals surface area contributed by atoms with Gasteiger partial charge in [0.05, 0.1) is 0 Å². The quantitative estimate of drug-likeness (QED) is 0.733. The lowest BCUT2D eigenvalue weighted by Gasteiger charge is -2.62. The summed E-state index contributed by atoms with van der Waals surface area (Å²) in [5.74, 6) is 2.00. The van der Waals surface area contributed by atoms with Crippen LogP contribution in [0.2, 0.25) is 0 Å². The molecule has 0 aliphatic heterocycles. The Morgan fingerprint density at radius 2 is 1.84 bits per heavy atom. The second-order valence-corrected chi connectivity index (χ2v) is 9.88. The average molecular weight is 343 g/mol. The summed E-state index contributed by atoms with van der Waals surface area (Å²) in [5, 5.41) is 13.4. The van der Waals surface area contributed by atoms with Crippen LogP contribution in [0.1, 0.15) is 72.6 Å². The number of ketones is 2. The van der Waals surface area contributed by atoms with Crippen molar-refractivity contribution in [3.8, 4) is 0 Å². The van der Waals surface area contributed by atoms with Crippen LogP contribution in [0.4, 0.5) is 0 Å². The van der Waals surface area contributed by atoms with Crippen molar-refractivity contribution in [3.05, 3.63) is 11.6 Å². The molecular formula is C22H31O3-. The van der Waals surface area contributed by atoms with Gasteiger partial charge in [-0.3, -0.25) is 4.79 Å². The van der Waals surface area contributed by atoms with E-state index < -0.39 is 5.60 Å². The molecule has 0 aromatic rings. The maximum absolute atomic E-state index is 13.4. The van der Waals surface area contributed by atoms with Gasteiger partial charge in [-0.25, -0.2) is 0 Å². The van der Waals surface area contributed by atoms with Gasteiger partial charge in [0, 0.05) is 6.42 Å². The van der Waals surface area contributed by atoms with Crippen LogP contribution in [-0.4, -0.2) is 17.2 Å². The van der Waals surface area contributed by atoms with Crippen molar-refractivity contribution in [1.82, 2.24) is 0 Å². The van der Waals surface area contributed by atoms with E-state index in [1.165, 1.54) is 12.5 Å². The Kier molecular flexibility index (Phi) is 3.69. The molecule has 7 unspecified atom stereocenters. The molecule has 0 aromatic heterocycles. The van der Waals surface area contributed by atoms with Crippen LogP contribution in [0, 0.1) is 34.5 Å². The molecule has 4 aliphatic carbocycles. The molecule has 4 rings (SSSR count). The number of hydrogen-bond donors (Lipinski definition) is 0. The highest BCUT2D eigenvalue weighted by molar-refractivity contribution is 5.91. The molecule has 4 aliphatic rings. The first-order valence-electron chi connectivity index (χ1n) is 10.1. The lowest BCUT2D eigenvalue weighted by Crippen LogP contribution is -2.63. The third-order valence-corrected chi connectivity index (χ3v) is 8.97. The van der Waals surface area contributed by atoms with Crippen molar-refractivity contribution in [2.45, 2.75) is 78.2 Å². The summed E-state index contributed by atoms with van der Waals surface area (Å²) < 4.78 is 0. The smallest absolute Gasteiger partial charge is 0.155 e. The van der Waals surface area contributed by atoms with E-state index in [-0.39, 0.29) is 22.4 Å². The van der Waals surface area contributed by atoms with Crippen LogP contribution >= 0.6 is 0 Å². The Hall–Kier alpha value is -0.960. The molecule has 25 heavy (non-hydrogen) atoms. The molecule has 3 heteroatoms. The minimum absolute atomic E-state index is 0.113. The van der Waals surface area contributed by atoms with E-state index in [1.54, 1.807) is 0 Å². The standard InChI is InChI=1S/C22H31O3/c1-13-11-16-17(20(3)8-5-15(24)12-19(13)20)6-9-21(4)18(16)7-10-22(21,25)14(2)23/h12-13,16-18H,5-11H2,1-4H3/q-1. The lowest BCUT2D eigenvalue weighted by molar-refractivity contribution is -0.484. The van der Waals surface area contributed by atoms with E-state index in [4.69, 9.17) is 0 Å². The van der Waals surface area contributed by atoms with E-state index in [0.29, 0.717) is 36.5 Å². The molecule has 0 radical (unpaired) electrons. The lowest BCUT2D eigenvalue weighted by atomic mass is 9.45. The van der Waals surface area contributed by atoms with Gasteiger partial charge in [-0.1, -0.05) is 32.8 Å². The third-order valence-electron chi connectivity index (χ3n) is 8.97. The SMILES string of the molecule is CC(=O)C1([O-])CCC2C3CC(C)C4=CC(=O)CCC4(C)C3CCC21C. The normalized spacial score (nSPS) is 52.0. The molecule has 3 nitrogen and oxygen atoms in total. The van der Waals surface area contributed by atoms with Crippen molar-refractivity contribution >= 4 is 11.6 Å². The third kappa shape index (κ3) is 2.08.